The van der Waals surface area contributed by atoms with Crippen molar-refractivity contribution in [1.82, 2.24) is 19.6 Å². The molecule has 9 heteroatoms. The summed E-state index contributed by atoms with van der Waals surface area (Å²) in [5.74, 6) is -0.509. The second-order valence-electron chi connectivity index (χ2n) is 5.70. The maximum atomic E-state index is 13.6. The molecular formula is C18H14FN5O2S. The molecule has 0 saturated carbocycles. The Labute approximate surface area is 154 Å². The van der Waals surface area contributed by atoms with Crippen molar-refractivity contribution in [1.29, 1.82) is 0 Å². The van der Waals surface area contributed by atoms with Crippen LogP contribution >= 0.6 is 0 Å². The van der Waals surface area contributed by atoms with E-state index in [2.05, 4.69) is 20.4 Å². The third-order valence-corrected chi connectivity index (χ3v) is 5.83. The monoisotopic (exact) mass is 383 g/mol. The predicted octanol–water partition coefficient (Wildman–Crippen LogP) is 2.80. The van der Waals surface area contributed by atoms with E-state index >= 15 is 0 Å². The van der Waals surface area contributed by atoms with E-state index in [0.717, 1.165) is 11.6 Å². The van der Waals surface area contributed by atoms with Crippen LogP contribution in [-0.4, -0.2) is 35.0 Å². The van der Waals surface area contributed by atoms with Gasteiger partial charge in [-0.05, 0) is 36.4 Å². The standard InChI is InChI=1S/C18H14FN5O2S/c1-20-17-16(27(25,26)14-6-2-5-13(19)10-14)18-22-9-7-15(24(18)23-17)12-4-3-8-21-11-12/h2-11H,1H3,(H,20,23). The molecule has 27 heavy (non-hydrogen) atoms. The molecule has 7 nitrogen and oxygen atoms in total. The molecule has 0 aliphatic rings. The Hall–Kier alpha value is -3.33. The molecular weight excluding hydrogens is 369 g/mol. The van der Waals surface area contributed by atoms with Gasteiger partial charge < -0.3 is 5.32 Å². The summed E-state index contributed by atoms with van der Waals surface area (Å²) in [5, 5.41) is 7.16. The molecule has 0 atom stereocenters. The molecule has 1 aromatic carbocycles. The fourth-order valence-electron chi connectivity index (χ4n) is 2.82. The number of pyridine rings is 1. The number of hydrogen-bond donors (Lipinski definition) is 1. The largest absolute Gasteiger partial charge is 0.370 e. The van der Waals surface area contributed by atoms with Gasteiger partial charge in [-0.2, -0.15) is 0 Å². The highest BCUT2D eigenvalue weighted by atomic mass is 32.2. The summed E-state index contributed by atoms with van der Waals surface area (Å²) in [7, 11) is -2.48. The molecule has 0 fully saturated rings. The van der Waals surface area contributed by atoms with Crippen molar-refractivity contribution in [3.8, 4) is 11.3 Å². The van der Waals surface area contributed by atoms with E-state index in [1.807, 2.05) is 6.07 Å². The van der Waals surface area contributed by atoms with Gasteiger partial charge in [-0.3, -0.25) is 4.98 Å². The fraction of sp³-hybridized carbons (Fsp3) is 0.0556. The van der Waals surface area contributed by atoms with Crippen LogP contribution < -0.4 is 5.32 Å². The molecule has 3 heterocycles. The van der Waals surface area contributed by atoms with Gasteiger partial charge in [0.2, 0.25) is 9.84 Å². The molecule has 0 amide bonds. The van der Waals surface area contributed by atoms with Crippen LogP contribution in [0.15, 0.2) is 70.8 Å². The van der Waals surface area contributed by atoms with Gasteiger partial charge in [0, 0.05) is 31.2 Å². The maximum Gasteiger partial charge on any atom is 0.214 e. The number of rotatable bonds is 4. The van der Waals surface area contributed by atoms with Crippen LogP contribution in [0.5, 0.6) is 0 Å². The Morgan fingerprint density at radius 1 is 1.11 bits per heavy atom. The summed E-state index contributed by atoms with van der Waals surface area (Å²) in [5.41, 5.74) is 1.53. The van der Waals surface area contributed by atoms with E-state index < -0.39 is 15.7 Å². The van der Waals surface area contributed by atoms with E-state index in [0.29, 0.717) is 5.69 Å². The molecule has 0 spiro atoms. The Morgan fingerprint density at radius 2 is 1.96 bits per heavy atom. The molecule has 0 saturated heterocycles. The molecule has 0 aliphatic carbocycles. The molecule has 3 aromatic heterocycles. The third-order valence-electron chi connectivity index (χ3n) is 4.05. The van der Waals surface area contributed by atoms with Crippen LogP contribution in [0.3, 0.4) is 0 Å². The normalized spacial score (nSPS) is 11.6. The van der Waals surface area contributed by atoms with Crippen molar-refractivity contribution in [2.24, 2.45) is 0 Å². The lowest BCUT2D eigenvalue weighted by Gasteiger charge is -2.06. The number of hydrogen-bond acceptors (Lipinski definition) is 6. The summed E-state index contributed by atoms with van der Waals surface area (Å²) in [6, 6.07) is 10.2. The SMILES string of the molecule is CNc1nn2c(-c3cccnc3)ccnc2c1S(=O)(=O)c1cccc(F)c1. The van der Waals surface area contributed by atoms with E-state index in [9.17, 15) is 12.8 Å². The van der Waals surface area contributed by atoms with Gasteiger partial charge in [0.15, 0.2) is 16.4 Å². The number of benzene rings is 1. The van der Waals surface area contributed by atoms with E-state index in [1.165, 1.54) is 28.9 Å². The van der Waals surface area contributed by atoms with Gasteiger partial charge in [0.25, 0.3) is 0 Å². The first-order valence-electron chi connectivity index (χ1n) is 7.99. The van der Waals surface area contributed by atoms with Gasteiger partial charge in [-0.1, -0.05) is 6.07 Å². The van der Waals surface area contributed by atoms with Crippen LogP contribution in [0.25, 0.3) is 16.9 Å². The molecule has 0 radical (unpaired) electrons. The first-order chi connectivity index (χ1) is 13.0. The Kier molecular flexibility index (Phi) is 4.08. The lowest BCUT2D eigenvalue weighted by molar-refractivity contribution is 0.591. The average molecular weight is 383 g/mol. The van der Waals surface area contributed by atoms with Gasteiger partial charge in [-0.15, -0.1) is 5.10 Å². The van der Waals surface area contributed by atoms with E-state index in [-0.39, 0.29) is 21.3 Å². The zero-order chi connectivity index (χ0) is 19.0. The number of nitrogens with zero attached hydrogens (tertiary/aromatic N) is 4. The smallest absolute Gasteiger partial charge is 0.214 e. The lowest BCUT2D eigenvalue weighted by Crippen LogP contribution is -2.06. The van der Waals surface area contributed by atoms with Crippen molar-refractivity contribution in [3.63, 3.8) is 0 Å². The van der Waals surface area contributed by atoms with Crippen LogP contribution in [0, 0.1) is 5.82 Å². The fourth-order valence-corrected chi connectivity index (χ4v) is 4.36. The van der Waals surface area contributed by atoms with Crippen LogP contribution in [-0.2, 0) is 9.84 Å². The summed E-state index contributed by atoms with van der Waals surface area (Å²) < 4.78 is 41.4. The van der Waals surface area contributed by atoms with Crippen molar-refractivity contribution < 1.29 is 12.8 Å². The molecule has 0 unspecified atom stereocenters. The van der Waals surface area contributed by atoms with E-state index in [1.54, 1.807) is 31.6 Å². The minimum Gasteiger partial charge on any atom is -0.370 e. The maximum absolute atomic E-state index is 13.6. The summed E-state index contributed by atoms with van der Waals surface area (Å²) in [6.07, 6.45) is 4.80. The number of nitrogens with one attached hydrogen (secondary N) is 1. The summed E-state index contributed by atoms with van der Waals surface area (Å²) in [6.45, 7) is 0. The third kappa shape index (κ3) is 2.81. The highest BCUT2D eigenvalue weighted by Crippen LogP contribution is 2.32. The molecule has 1 N–H and O–H groups in total. The van der Waals surface area contributed by atoms with Gasteiger partial charge in [0.1, 0.15) is 5.82 Å². The first-order valence-corrected chi connectivity index (χ1v) is 9.47. The minimum absolute atomic E-state index is 0.110. The topological polar surface area (TPSA) is 89.2 Å². The Bertz CT molecular complexity index is 1240. The van der Waals surface area contributed by atoms with E-state index in [4.69, 9.17) is 0 Å². The quantitative estimate of drug-likeness (QED) is 0.583. The van der Waals surface area contributed by atoms with Crippen molar-refractivity contribution in [3.05, 3.63) is 66.9 Å². The summed E-state index contributed by atoms with van der Waals surface area (Å²) in [4.78, 5) is 8.03. The lowest BCUT2D eigenvalue weighted by atomic mass is 10.2. The second kappa shape index (κ2) is 6.44. The van der Waals surface area contributed by atoms with Gasteiger partial charge >= 0.3 is 0 Å². The number of anilines is 1. The van der Waals surface area contributed by atoms with Crippen LogP contribution in [0.4, 0.5) is 10.2 Å². The molecule has 4 aromatic rings. The number of halogens is 1. The number of sulfone groups is 1. The minimum atomic E-state index is -4.05. The van der Waals surface area contributed by atoms with Crippen molar-refractivity contribution in [2.75, 3.05) is 12.4 Å². The highest BCUT2D eigenvalue weighted by molar-refractivity contribution is 7.91. The Morgan fingerprint density at radius 3 is 2.67 bits per heavy atom. The molecule has 136 valence electrons. The predicted molar refractivity (Wildman–Crippen MR) is 97.6 cm³/mol. The van der Waals surface area contributed by atoms with Crippen LogP contribution in [0.1, 0.15) is 0 Å². The molecule has 4 rings (SSSR count). The zero-order valence-corrected chi connectivity index (χ0v) is 15.0. The molecule has 0 bridgehead atoms. The average Bonchev–Trinajstić information content (AvgIpc) is 3.08. The van der Waals surface area contributed by atoms with Crippen LogP contribution in [0.2, 0.25) is 0 Å². The Balaban J connectivity index is 2.02. The first kappa shape index (κ1) is 17.1. The van der Waals surface area contributed by atoms with Gasteiger partial charge in [-0.25, -0.2) is 22.3 Å². The van der Waals surface area contributed by atoms with Crippen molar-refractivity contribution in [2.45, 2.75) is 9.79 Å². The summed E-state index contributed by atoms with van der Waals surface area (Å²) >= 11 is 0. The highest BCUT2D eigenvalue weighted by Gasteiger charge is 2.29. The van der Waals surface area contributed by atoms with Crippen molar-refractivity contribution >= 4 is 21.3 Å². The van der Waals surface area contributed by atoms with Gasteiger partial charge in [0.05, 0.1) is 10.6 Å². The number of fused-ring (bicyclic) bond motifs is 1. The number of aromatic nitrogens is 4. The second-order valence-corrected chi connectivity index (χ2v) is 7.58. The zero-order valence-electron chi connectivity index (χ0n) is 14.2. The molecule has 0 aliphatic heterocycles.